The lowest BCUT2D eigenvalue weighted by molar-refractivity contribution is -0.114. The molecule has 0 spiro atoms. The molecule has 0 saturated heterocycles. The highest BCUT2D eigenvalue weighted by Crippen LogP contribution is 2.32. The number of carbonyl (C=O) groups excluding carboxylic acids is 2. The van der Waals surface area contributed by atoms with Crippen molar-refractivity contribution in [3.63, 3.8) is 0 Å². The summed E-state index contributed by atoms with van der Waals surface area (Å²) in [6, 6.07) is 5.85. The van der Waals surface area contributed by atoms with Crippen molar-refractivity contribution in [2.75, 3.05) is 10.6 Å². The van der Waals surface area contributed by atoms with E-state index in [1.165, 1.54) is 37.4 Å². The van der Waals surface area contributed by atoms with Gasteiger partial charge in [-0.2, -0.15) is 0 Å². The maximum atomic E-state index is 12.2. The Balaban J connectivity index is 2.22. The smallest absolute Gasteiger partial charge is 0.255 e. The highest BCUT2D eigenvalue weighted by molar-refractivity contribution is 6.44. The first-order valence-electron chi connectivity index (χ1n) is 6.06. The lowest BCUT2D eigenvalue weighted by Crippen LogP contribution is -2.14. The van der Waals surface area contributed by atoms with Gasteiger partial charge in [0.05, 0.1) is 20.8 Å². The van der Waals surface area contributed by atoms with Crippen molar-refractivity contribution in [1.82, 2.24) is 4.98 Å². The molecule has 22 heavy (non-hydrogen) atoms. The number of nitrogens with zero attached hydrogens (tertiary/aromatic N) is 1. The molecule has 114 valence electrons. The molecule has 1 aromatic heterocycles. The highest BCUT2D eigenvalue weighted by Gasteiger charge is 2.12. The van der Waals surface area contributed by atoms with Crippen molar-refractivity contribution in [3.05, 3.63) is 51.1 Å². The average Bonchev–Trinajstić information content (AvgIpc) is 2.44. The quantitative estimate of drug-likeness (QED) is 0.806. The summed E-state index contributed by atoms with van der Waals surface area (Å²) in [5.74, 6) is -0.424. The third kappa shape index (κ3) is 4.10. The molecule has 2 N–H and O–H groups in total. The molecule has 2 amide bonds. The van der Waals surface area contributed by atoms with E-state index in [9.17, 15) is 9.59 Å². The standard InChI is InChI=1S/C14H10Cl3N3O2/c1-7(21)19-13-4-8(2-3-18-13)14(22)20-12-6-10(16)9(15)5-11(12)17/h2-6H,1H3,(H,20,22)(H,18,19,21). The number of hydrogen-bond acceptors (Lipinski definition) is 3. The van der Waals surface area contributed by atoms with Gasteiger partial charge in [0, 0.05) is 18.7 Å². The van der Waals surface area contributed by atoms with E-state index in [4.69, 9.17) is 34.8 Å². The van der Waals surface area contributed by atoms with Crippen LogP contribution in [0.4, 0.5) is 11.5 Å². The van der Waals surface area contributed by atoms with E-state index in [1.54, 1.807) is 0 Å². The van der Waals surface area contributed by atoms with Gasteiger partial charge in [0.2, 0.25) is 5.91 Å². The van der Waals surface area contributed by atoms with Gasteiger partial charge in [0.15, 0.2) is 0 Å². The average molecular weight is 359 g/mol. The number of amides is 2. The molecule has 1 aromatic carbocycles. The number of carbonyl (C=O) groups is 2. The second-order valence-electron chi connectivity index (χ2n) is 4.31. The Bertz CT molecular complexity index is 750. The number of pyridine rings is 1. The summed E-state index contributed by atoms with van der Waals surface area (Å²) >= 11 is 17.7. The summed E-state index contributed by atoms with van der Waals surface area (Å²) in [4.78, 5) is 27.2. The minimum atomic E-state index is -0.422. The molecular weight excluding hydrogens is 349 g/mol. The number of nitrogens with one attached hydrogen (secondary N) is 2. The monoisotopic (exact) mass is 357 g/mol. The van der Waals surface area contributed by atoms with Crippen LogP contribution in [0.2, 0.25) is 15.1 Å². The first-order chi connectivity index (χ1) is 10.4. The van der Waals surface area contributed by atoms with Crippen LogP contribution in [0.25, 0.3) is 0 Å². The lowest BCUT2D eigenvalue weighted by atomic mass is 10.2. The Morgan fingerprint density at radius 3 is 2.36 bits per heavy atom. The predicted molar refractivity (Wildman–Crippen MR) is 88.0 cm³/mol. The van der Waals surface area contributed by atoms with Crippen LogP contribution in [0.15, 0.2) is 30.5 Å². The molecule has 0 atom stereocenters. The summed E-state index contributed by atoms with van der Waals surface area (Å²) in [6.45, 7) is 1.35. The Kier molecular flexibility index (Phi) is 5.24. The molecule has 0 unspecified atom stereocenters. The minimum Gasteiger partial charge on any atom is -0.321 e. The van der Waals surface area contributed by atoms with Gasteiger partial charge in [-0.05, 0) is 24.3 Å². The van der Waals surface area contributed by atoms with E-state index in [0.29, 0.717) is 16.3 Å². The second kappa shape index (κ2) is 6.96. The fourth-order valence-corrected chi connectivity index (χ4v) is 2.23. The molecule has 0 aliphatic carbocycles. The lowest BCUT2D eigenvalue weighted by Gasteiger charge is -2.09. The molecule has 8 heteroatoms. The van der Waals surface area contributed by atoms with Crippen LogP contribution < -0.4 is 10.6 Å². The van der Waals surface area contributed by atoms with Crippen molar-refractivity contribution in [2.24, 2.45) is 0 Å². The fourth-order valence-electron chi connectivity index (χ4n) is 1.63. The molecule has 1 heterocycles. The highest BCUT2D eigenvalue weighted by atomic mass is 35.5. The summed E-state index contributed by atoms with van der Waals surface area (Å²) in [7, 11) is 0. The predicted octanol–water partition coefficient (Wildman–Crippen LogP) is 4.25. The third-order valence-corrected chi connectivity index (χ3v) is 3.62. The second-order valence-corrected chi connectivity index (χ2v) is 5.53. The summed E-state index contributed by atoms with van der Waals surface area (Å²) in [5, 5.41) is 5.95. The Morgan fingerprint density at radius 2 is 1.68 bits per heavy atom. The van der Waals surface area contributed by atoms with E-state index in [1.807, 2.05) is 0 Å². The van der Waals surface area contributed by atoms with Crippen molar-refractivity contribution < 1.29 is 9.59 Å². The first kappa shape index (κ1) is 16.5. The fraction of sp³-hybridized carbons (Fsp3) is 0.0714. The van der Waals surface area contributed by atoms with E-state index >= 15 is 0 Å². The Hall–Kier alpha value is -1.82. The number of benzene rings is 1. The van der Waals surface area contributed by atoms with Crippen LogP contribution in [0.3, 0.4) is 0 Å². The van der Waals surface area contributed by atoms with E-state index < -0.39 is 5.91 Å². The van der Waals surface area contributed by atoms with E-state index in [-0.39, 0.29) is 21.8 Å². The van der Waals surface area contributed by atoms with Gasteiger partial charge in [0.1, 0.15) is 5.82 Å². The van der Waals surface area contributed by atoms with Gasteiger partial charge in [0.25, 0.3) is 5.91 Å². The van der Waals surface area contributed by atoms with Gasteiger partial charge in [-0.1, -0.05) is 34.8 Å². The van der Waals surface area contributed by atoms with Crippen molar-refractivity contribution in [2.45, 2.75) is 6.92 Å². The van der Waals surface area contributed by atoms with Crippen LogP contribution in [0.1, 0.15) is 17.3 Å². The maximum absolute atomic E-state index is 12.2. The van der Waals surface area contributed by atoms with Crippen LogP contribution in [0.5, 0.6) is 0 Å². The molecule has 2 aromatic rings. The number of anilines is 2. The van der Waals surface area contributed by atoms with Crippen molar-refractivity contribution in [3.8, 4) is 0 Å². The van der Waals surface area contributed by atoms with Crippen LogP contribution in [0, 0.1) is 0 Å². The summed E-state index contributed by atoms with van der Waals surface area (Å²) in [5.41, 5.74) is 0.639. The summed E-state index contributed by atoms with van der Waals surface area (Å²) in [6.07, 6.45) is 1.41. The minimum absolute atomic E-state index is 0.263. The number of halogens is 3. The first-order valence-corrected chi connectivity index (χ1v) is 7.19. The maximum Gasteiger partial charge on any atom is 0.255 e. The number of hydrogen-bond donors (Lipinski definition) is 2. The molecule has 0 aliphatic rings. The third-order valence-electron chi connectivity index (χ3n) is 2.58. The van der Waals surface area contributed by atoms with Gasteiger partial charge < -0.3 is 10.6 Å². The molecular formula is C14H10Cl3N3O2. The van der Waals surface area contributed by atoms with Crippen molar-refractivity contribution in [1.29, 1.82) is 0 Å². The molecule has 0 radical (unpaired) electrons. The van der Waals surface area contributed by atoms with Gasteiger partial charge in [-0.15, -0.1) is 0 Å². The van der Waals surface area contributed by atoms with E-state index in [2.05, 4.69) is 15.6 Å². The molecule has 0 saturated carbocycles. The SMILES string of the molecule is CC(=O)Nc1cc(C(=O)Nc2cc(Cl)c(Cl)cc2Cl)ccn1. The van der Waals surface area contributed by atoms with Gasteiger partial charge >= 0.3 is 0 Å². The zero-order valence-electron chi connectivity index (χ0n) is 11.3. The normalized spacial score (nSPS) is 10.2. The zero-order valence-corrected chi connectivity index (χ0v) is 13.6. The van der Waals surface area contributed by atoms with Crippen LogP contribution in [-0.2, 0) is 4.79 Å². The Morgan fingerprint density at radius 1 is 1.00 bits per heavy atom. The van der Waals surface area contributed by atoms with Crippen LogP contribution >= 0.6 is 34.8 Å². The molecule has 0 fully saturated rings. The van der Waals surface area contributed by atoms with E-state index in [0.717, 1.165) is 0 Å². The zero-order chi connectivity index (χ0) is 16.3. The molecule has 0 bridgehead atoms. The van der Waals surface area contributed by atoms with Crippen molar-refractivity contribution >= 4 is 58.1 Å². The van der Waals surface area contributed by atoms with Crippen LogP contribution in [-0.4, -0.2) is 16.8 Å². The largest absolute Gasteiger partial charge is 0.321 e. The van der Waals surface area contributed by atoms with Gasteiger partial charge in [-0.25, -0.2) is 4.98 Å². The number of aromatic nitrogens is 1. The molecule has 0 aliphatic heterocycles. The summed E-state index contributed by atoms with van der Waals surface area (Å²) < 4.78 is 0. The molecule has 5 nitrogen and oxygen atoms in total. The van der Waals surface area contributed by atoms with Gasteiger partial charge in [-0.3, -0.25) is 9.59 Å². The number of rotatable bonds is 3. The topological polar surface area (TPSA) is 71.1 Å². The molecule has 2 rings (SSSR count). The Labute approximate surface area is 141 Å².